The summed E-state index contributed by atoms with van der Waals surface area (Å²) in [6.07, 6.45) is 3.69. The van der Waals surface area contributed by atoms with E-state index in [2.05, 4.69) is 133 Å². The summed E-state index contributed by atoms with van der Waals surface area (Å²) < 4.78 is 2.22. The molecule has 0 atom stereocenters. The molecule has 0 amide bonds. The number of aryl methyl sites for hydroxylation is 2. The number of hydrogen-bond donors (Lipinski definition) is 1. The van der Waals surface area contributed by atoms with Gasteiger partial charge in [-0.2, -0.15) is 0 Å². The first-order valence-electron chi connectivity index (χ1n) is 17.3. The Kier molecular flexibility index (Phi) is 8.18. The van der Waals surface area contributed by atoms with E-state index >= 15 is 0 Å². The Hall–Kier alpha value is -5.55. The molecule has 0 aliphatic heterocycles. The van der Waals surface area contributed by atoms with Gasteiger partial charge in [-0.25, -0.2) is 4.98 Å². The fourth-order valence-corrected chi connectivity index (χ4v) is 6.83. The van der Waals surface area contributed by atoms with E-state index < -0.39 is 0 Å². The zero-order valence-electron chi connectivity index (χ0n) is 30.2. The van der Waals surface area contributed by atoms with Crippen LogP contribution in [0.3, 0.4) is 0 Å². The highest BCUT2D eigenvalue weighted by Crippen LogP contribution is 2.45. The standard InChI is InChI=1S/C45H44N4O/c1-28-15-14-16-29(2)41(28)49-38-20-22-47-39(33-24-31(30-17-10-9-11-18-30)23-32(25-33)37-19-12-13-21-46-37)40(38)48-43(49)35-26-34(44(3,4)5)27-36(42(35)50)45(6,7)8/h9-27,50H,1-8H3. The number of pyridine rings is 2. The fourth-order valence-electron chi connectivity index (χ4n) is 6.83. The van der Waals surface area contributed by atoms with Crippen LogP contribution in [0, 0.1) is 13.8 Å². The van der Waals surface area contributed by atoms with E-state index in [-0.39, 0.29) is 16.6 Å². The largest absolute Gasteiger partial charge is 0.507 e. The highest BCUT2D eigenvalue weighted by Gasteiger charge is 2.29. The summed E-state index contributed by atoms with van der Waals surface area (Å²) in [6.45, 7) is 17.3. The van der Waals surface area contributed by atoms with E-state index in [9.17, 15) is 5.11 Å². The van der Waals surface area contributed by atoms with Gasteiger partial charge in [0.15, 0.2) is 0 Å². The Bertz CT molecular complexity index is 2280. The summed E-state index contributed by atoms with van der Waals surface area (Å²) in [4.78, 5) is 15.2. The number of benzene rings is 4. The normalized spacial score (nSPS) is 12.1. The van der Waals surface area contributed by atoms with Crippen molar-refractivity contribution in [3.8, 4) is 56.5 Å². The van der Waals surface area contributed by atoms with Crippen molar-refractivity contribution in [3.05, 3.63) is 138 Å². The number of phenols is 1. The van der Waals surface area contributed by atoms with Gasteiger partial charge in [-0.3, -0.25) is 14.5 Å². The summed E-state index contributed by atoms with van der Waals surface area (Å²) in [5.74, 6) is 0.941. The van der Waals surface area contributed by atoms with Gasteiger partial charge >= 0.3 is 0 Å². The van der Waals surface area contributed by atoms with E-state index in [1.54, 1.807) is 0 Å². The molecule has 5 heteroatoms. The van der Waals surface area contributed by atoms with E-state index in [0.717, 1.165) is 72.6 Å². The number of phenolic OH excluding ortho intramolecular Hbond substituents is 1. The van der Waals surface area contributed by atoms with E-state index in [0.29, 0.717) is 11.4 Å². The molecule has 0 aliphatic rings. The lowest BCUT2D eigenvalue weighted by atomic mass is 9.79. The zero-order valence-corrected chi connectivity index (χ0v) is 30.2. The second-order valence-corrected chi connectivity index (χ2v) is 15.3. The van der Waals surface area contributed by atoms with E-state index in [1.165, 1.54) is 0 Å². The van der Waals surface area contributed by atoms with Gasteiger partial charge in [0, 0.05) is 29.1 Å². The molecule has 50 heavy (non-hydrogen) atoms. The van der Waals surface area contributed by atoms with Gasteiger partial charge in [-0.05, 0) is 95.0 Å². The van der Waals surface area contributed by atoms with Crippen molar-refractivity contribution in [2.75, 3.05) is 0 Å². The molecule has 0 saturated carbocycles. The molecule has 0 spiro atoms. The third-order valence-corrected chi connectivity index (χ3v) is 9.54. The molecule has 4 aromatic carbocycles. The molecule has 3 heterocycles. The molecule has 0 bridgehead atoms. The monoisotopic (exact) mass is 656 g/mol. The number of hydrogen-bond acceptors (Lipinski definition) is 4. The second-order valence-electron chi connectivity index (χ2n) is 15.3. The van der Waals surface area contributed by atoms with Crippen molar-refractivity contribution < 1.29 is 5.11 Å². The molecule has 250 valence electrons. The molecule has 0 aliphatic carbocycles. The third kappa shape index (κ3) is 5.98. The number of para-hydroxylation sites is 1. The van der Waals surface area contributed by atoms with Crippen LogP contribution in [0.1, 0.15) is 63.8 Å². The number of aromatic hydroxyl groups is 1. The lowest BCUT2D eigenvalue weighted by Crippen LogP contribution is -2.17. The Morgan fingerprint density at radius 1 is 0.600 bits per heavy atom. The van der Waals surface area contributed by atoms with Gasteiger partial charge in [0.05, 0.1) is 28.2 Å². The minimum Gasteiger partial charge on any atom is -0.507 e. The molecule has 7 rings (SSSR count). The Morgan fingerprint density at radius 3 is 1.94 bits per heavy atom. The lowest BCUT2D eigenvalue weighted by molar-refractivity contribution is 0.446. The van der Waals surface area contributed by atoms with Crippen molar-refractivity contribution in [1.82, 2.24) is 19.5 Å². The van der Waals surface area contributed by atoms with Crippen LogP contribution in [0.25, 0.3) is 61.8 Å². The average Bonchev–Trinajstić information content (AvgIpc) is 3.47. The van der Waals surface area contributed by atoms with Crippen LogP contribution in [-0.2, 0) is 10.8 Å². The van der Waals surface area contributed by atoms with Crippen LogP contribution in [0.5, 0.6) is 5.75 Å². The third-order valence-electron chi connectivity index (χ3n) is 9.54. The Balaban J connectivity index is 1.58. The first kappa shape index (κ1) is 33.0. The summed E-state index contributed by atoms with van der Waals surface area (Å²) in [5.41, 5.74) is 13.1. The molecule has 3 aromatic heterocycles. The van der Waals surface area contributed by atoms with Crippen LogP contribution < -0.4 is 0 Å². The summed E-state index contributed by atoms with van der Waals surface area (Å²) in [5, 5.41) is 12.1. The number of imidazole rings is 1. The first-order valence-corrected chi connectivity index (χ1v) is 17.3. The number of fused-ring (bicyclic) bond motifs is 1. The predicted molar refractivity (Wildman–Crippen MR) is 207 cm³/mol. The quantitative estimate of drug-likeness (QED) is 0.200. The molecular formula is C45H44N4O. The molecule has 0 radical (unpaired) electrons. The van der Waals surface area contributed by atoms with Crippen molar-refractivity contribution in [2.45, 2.75) is 66.2 Å². The average molecular weight is 657 g/mol. The van der Waals surface area contributed by atoms with Crippen molar-refractivity contribution in [1.29, 1.82) is 0 Å². The fraction of sp³-hybridized carbons (Fsp3) is 0.222. The van der Waals surface area contributed by atoms with Gasteiger partial charge in [0.1, 0.15) is 17.1 Å². The molecule has 0 fully saturated rings. The minimum absolute atomic E-state index is 0.148. The summed E-state index contributed by atoms with van der Waals surface area (Å²) in [6, 6.07) is 35.6. The summed E-state index contributed by atoms with van der Waals surface area (Å²) in [7, 11) is 0. The first-order chi connectivity index (χ1) is 23.8. The topological polar surface area (TPSA) is 63.8 Å². The number of nitrogens with zero attached hydrogens (tertiary/aromatic N) is 4. The number of rotatable bonds is 5. The SMILES string of the molecule is Cc1cccc(C)c1-n1c(-c2cc(C(C)(C)C)cc(C(C)(C)C)c2O)nc2c(-c3cc(-c4ccccc4)cc(-c4ccccn4)c3)nccc21. The van der Waals surface area contributed by atoms with Crippen molar-refractivity contribution in [2.24, 2.45) is 0 Å². The van der Waals surface area contributed by atoms with Gasteiger partial charge < -0.3 is 5.11 Å². The summed E-state index contributed by atoms with van der Waals surface area (Å²) >= 11 is 0. The van der Waals surface area contributed by atoms with Crippen LogP contribution in [0.15, 0.2) is 116 Å². The van der Waals surface area contributed by atoms with Crippen molar-refractivity contribution >= 4 is 11.0 Å². The molecule has 5 nitrogen and oxygen atoms in total. The van der Waals surface area contributed by atoms with Crippen LogP contribution in [0.4, 0.5) is 0 Å². The highest BCUT2D eigenvalue weighted by molar-refractivity contribution is 5.96. The van der Waals surface area contributed by atoms with E-state index in [4.69, 9.17) is 15.0 Å². The van der Waals surface area contributed by atoms with E-state index in [1.807, 2.05) is 42.7 Å². The minimum atomic E-state index is -0.290. The zero-order chi connectivity index (χ0) is 35.4. The van der Waals surface area contributed by atoms with Crippen LogP contribution in [-0.4, -0.2) is 24.6 Å². The molecule has 0 unspecified atom stereocenters. The highest BCUT2D eigenvalue weighted by atomic mass is 16.3. The maximum absolute atomic E-state index is 12.1. The van der Waals surface area contributed by atoms with Gasteiger partial charge in [0.2, 0.25) is 0 Å². The smallest absolute Gasteiger partial charge is 0.149 e. The maximum Gasteiger partial charge on any atom is 0.149 e. The predicted octanol–water partition coefficient (Wildman–Crippen LogP) is 11.4. The molecular weight excluding hydrogens is 613 g/mol. The Morgan fingerprint density at radius 2 is 1.28 bits per heavy atom. The Labute approximate surface area is 295 Å². The van der Waals surface area contributed by atoms with Crippen molar-refractivity contribution in [3.63, 3.8) is 0 Å². The lowest BCUT2D eigenvalue weighted by Gasteiger charge is -2.27. The van der Waals surface area contributed by atoms with Gasteiger partial charge in [-0.15, -0.1) is 0 Å². The van der Waals surface area contributed by atoms with Crippen LogP contribution >= 0.6 is 0 Å². The second kappa shape index (κ2) is 12.4. The maximum atomic E-state index is 12.1. The molecule has 7 aromatic rings. The van der Waals surface area contributed by atoms with Gasteiger partial charge in [-0.1, -0.05) is 102 Å². The molecule has 1 N–H and O–H groups in total. The van der Waals surface area contributed by atoms with Crippen LogP contribution in [0.2, 0.25) is 0 Å². The molecule has 0 saturated heterocycles. The van der Waals surface area contributed by atoms with Gasteiger partial charge in [0.25, 0.3) is 0 Å². The number of aromatic nitrogens is 4.